The van der Waals surface area contributed by atoms with Crippen LogP contribution in [0.1, 0.15) is 15.9 Å². The second kappa shape index (κ2) is 6.97. The van der Waals surface area contributed by atoms with E-state index in [9.17, 15) is 18.0 Å². The molecule has 3 nitrogen and oxygen atoms in total. The van der Waals surface area contributed by atoms with Crippen LogP contribution in [0.2, 0.25) is 0 Å². The molecule has 0 atom stereocenters. The molecule has 1 amide bonds. The summed E-state index contributed by atoms with van der Waals surface area (Å²) in [4.78, 5) is 12.9. The average Bonchev–Trinajstić information content (AvgIpc) is 2.36. The van der Waals surface area contributed by atoms with Gasteiger partial charge in [0.25, 0.3) is 5.91 Å². The normalized spacial score (nSPS) is 11.3. The van der Waals surface area contributed by atoms with Gasteiger partial charge in [0, 0.05) is 17.4 Å². The predicted octanol–water partition coefficient (Wildman–Crippen LogP) is 3.40. The summed E-state index contributed by atoms with van der Waals surface area (Å²) in [5.41, 5.74) is 0.990. The molecule has 0 aliphatic rings. The Morgan fingerprint density at radius 3 is 2.55 bits per heavy atom. The summed E-state index contributed by atoms with van der Waals surface area (Å²) in [6.07, 6.45) is -4.42. The van der Waals surface area contributed by atoms with E-state index in [0.717, 1.165) is 10.5 Å². The van der Waals surface area contributed by atoms with E-state index in [1.54, 1.807) is 13.0 Å². The molecule has 0 saturated carbocycles. The molecule has 1 rings (SSSR count). The molecular weight excluding hydrogens is 339 g/mol. The van der Waals surface area contributed by atoms with Gasteiger partial charge in [0.2, 0.25) is 0 Å². The average molecular weight is 354 g/mol. The van der Waals surface area contributed by atoms with Crippen LogP contribution in [0.4, 0.5) is 13.2 Å². The van der Waals surface area contributed by atoms with Crippen LogP contribution in [0.15, 0.2) is 18.2 Å². The summed E-state index contributed by atoms with van der Waals surface area (Å²) in [6.45, 7) is 0.501. The quantitative estimate of drug-likeness (QED) is 0.759. The van der Waals surface area contributed by atoms with Crippen LogP contribution >= 0.6 is 15.9 Å². The van der Waals surface area contributed by atoms with Crippen molar-refractivity contribution in [2.24, 2.45) is 0 Å². The topological polar surface area (TPSA) is 29.5 Å². The van der Waals surface area contributed by atoms with Crippen molar-refractivity contribution >= 4 is 21.8 Å². The van der Waals surface area contributed by atoms with Gasteiger partial charge in [-0.25, -0.2) is 0 Å². The summed E-state index contributed by atoms with van der Waals surface area (Å²) in [6, 6.07) is 4.60. The van der Waals surface area contributed by atoms with E-state index >= 15 is 0 Å². The third kappa shape index (κ3) is 4.70. The van der Waals surface area contributed by atoms with Gasteiger partial charge in [-0.15, -0.1) is 0 Å². The number of hydrogen-bond acceptors (Lipinski definition) is 2. The van der Waals surface area contributed by atoms with Crippen molar-refractivity contribution < 1.29 is 22.7 Å². The Balaban J connectivity index is 3.00. The molecule has 0 saturated heterocycles. The summed E-state index contributed by atoms with van der Waals surface area (Å²) in [5, 5.41) is 0.276. The summed E-state index contributed by atoms with van der Waals surface area (Å²) in [5.74, 6) is -0.193. The minimum atomic E-state index is -4.42. The van der Waals surface area contributed by atoms with Crippen molar-refractivity contribution in [3.8, 4) is 5.75 Å². The van der Waals surface area contributed by atoms with E-state index in [-0.39, 0.29) is 17.4 Å². The molecule has 7 heteroatoms. The maximum atomic E-state index is 12.5. The first-order valence-electron chi connectivity index (χ1n) is 5.85. The molecule has 0 aromatic heterocycles. The first-order valence-corrected chi connectivity index (χ1v) is 6.97. The Morgan fingerprint density at radius 1 is 1.40 bits per heavy atom. The molecule has 20 heavy (non-hydrogen) atoms. The lowest BCUT2D eigenvalue weighted by molar-refractivity contribution is -0.140. The fraction of sp³-hybridized carbons (Fsp3) is 0.462. The Hall–Kier alpha value is -1.24. The van der Waals surface area contributed by atoms with Crippen molar-refractivity contribution in [1.29, 1.82) is 0 Å². The standard InChI is InChI=1S/C13H15BrF3NO2/c1-9-3-4-10(7-11(9)20-2)12(19)18(6-5-14)8-13(15,16)17/h3-4,7H,5-6,8H2,1-2H3. The van der Waals surface area contributed by atoms with Gasteiger partial charge in [-0.05, 0) is 24.6 Å². The zero-order valence-corrected chi connectivity index (χ0v) is 12.7. The van der Waals surface area contributed by atoms with Gasteiger partial charge in [0.15, 0.2) is 0 Å². The van der Waals surface area contributed by atoms with Crippen molar-refractivity contribution in [2.45, 2.75) is 13.1 Å². The largest absolute Gasteiger partial charge is 0.496 e. The van der Waals surface area contributed by atoms with Gasteiger partial charge in [0.1, 0.15) is 12.3 Å². The van der Waals surface area contributed by atoms with Crippen molar-refractivity contribution in [1.82, 2.24) is 4.90 Å². The zero-order valence-electron chi connectivity index (χ0n) is 11.1. The van der Waals surface area contributed by atoms with Gasteiger partial charge < -0.3 is 9.64 Å². The molecule has 1 aromatic rings. The number of halogens is 4. The lowest BCUT2D eigenvalue weighted by Crippen LogP contribution is -2.40. The monoisotopic (exact) mass is 353 g/mol. The van der Waals surface area contributed by atoms with Crippen LogP contribution in [0, 0.1) is 6.92 Å². The molecule has 0 aliphatic carbocycles. The number of hydrogen-bond donors (Lipinski definition) is 0. The van der Waals surface area contributed by atoms with E-state index in [1.165, 1.54) is 19.2 Å². The lowest BCUT2D eigenvalue weighted by atomic mass is 10.1. The van der Waals surface area contributed by atoms with E-state index in [2.05, 4.69) is 15.9 Å². The number of carbonyl (C=O) groups is 1. The van der Waals surface area contributed by atoms with Gasteiger partial charge in [-0.3, -0.25) is 4.79 Å². The van der Waals surface area contributed by atoms with Crippen molar-refractivity contribution in [3.63, 3.8) is 0 Å². The van der Waals surface area contributed by atoms with Gasteiger partial charge in [0.05, 0.1) is 7.11 Å². The van der Waals surface area contributed by atoms with Crippen molar-refractivity contribution in [2.75, 3.05) is 25.5 Å². The van der Waals surface area contributed by atoms with Crippen LogP contribution in [0.3, 0.4) is 0 Å². The predicted molar refractivity (Wildman–Crippen MR) is 73.5 cm³/mol. The highest BCUT2D eigenvalue weighted by Gasteiger charge is 2.33. The minimum Gasteiger partial charge on any atom is -0.496 e. The minimum absolute atomic E-state index is 0.0193. The van der Waals surface area contributed by atoms with Gasteiger partial charge >= 0.3 is 6.18 Å². The highest BCUT2D eigenvalue weighted by atomic mass is 79.9. The molecule has 112 valence electrons. The van der Waals surface area contributed by atoms with Crippen LogP contribution in [0.5, 0.6) is 5.75 Å². The number of benzene rings is 1. The third-order valence-electron chi connectivity index (χ3n) is 2.67. The number of carbonyl (C=O) groups excluding carboxylic acids is 1. The molecule has 0 N–H and O–H groups in total. The maximum absolute atomic E-state index is 12.5. The number of methoxy groups -OCH3 is 1. The van der Waals surface area contributed by atoms with Gasteiger partial charge in [-0.2, -0.15) is 13.2 Å². The third-order valence-corrected chi connectivity index (χ3v) is 3.02. The van der Waals surface area contributed by atoms with E-state index in [1.807, 2.05) is 0 Å². The highest BCUT2D eigenvalue weighted by Crippen LogP contribution is 2.22. The molecule has 0 aliphatic heterocycles. The second-order valence-corrected chi connectivity index (χ2v) is 5.01. The molecule has 1 aromatic carbocycles. The maximum Gasteiger partial charge on any atom is 0.406 e. The van der Waals surface area contributed by atoms with E-state index in [4.69, 9.17) is 4.74 Å². The zero-order chi connectivity index (χ0) is 15.3. The Kier molecular flexibility index (Phi) is 5.86. The summed E-state index contributed by atoms with van der Waals surface area (Å²) in [7, 11) is 1.45. The number of ether oxygens (including phenoxy) is 1. The number of nitrogens with zero attached hydrogens (tertiary/aromatic N) is 1. The molecular formula is C13H15BrF3NO2. The first-order chi connectivity index (χ1) is 9.28. The van der Waals surface area contributed by atoms with Crippen LogP contribution in [-0.4, -0.2) is 42.5 Å². The fourth-order valence-corrected chi connectivity index (χ4v) is 2.13. The highest BCUT2D eigenvalue weighted by molar-refractivity contribution is 9.09. The SMILES string of the molecule is COc1cc(C(=O)N(CCBr)CC(F)(F)F)ccc1C. The molecule has 0 unspecified atom stereocenters. The van der Waals surface area contributed by atoms with E-state index in [0.29, 0.717) is 5.75 Å². The fourth-order valence-electron chi connectivity index (χ4n) is 1.71. The Labute approximate surface area is 123 Å². The molecule has 0 heterocycles. The number of amides is 1. The summed E-state index contributed by atoms with van der Waals surface area (Å²) >= 11 is 3.05. The Morgan fingerprint density at radius 2 is 2.05 bits per heavy atom. The van der Waals surface area contributed by atoms with Crippen LogP contribution in [-0.2, 0) is 0 Å². The van der Waals surface area contributed by atoms with Crippen LogP contribution in [0.25, 0.3) is 0 Å². The summed E-state index contributed by atoms with van der Waals surface area (Å²) < 4.78 is 42.5. The second-order valence-electron chi connectivity index (χ2n) is 4.22. The molecule has 0 spiro atoms. The lowest BCUT2D eigenvalue weighted by Gasteiger charge is -2.23. The van der Waals surface area contributed by atoms with Crippen LogP contribution < -0.4 is 4.74 Å². The first kappa shape index (κ1) is 16.8. The number of aryl methyl sites for hydroxylation is 1. The Bertz CT molecular complexity index is 477. The molecule has 0 fully saturated rings. The number of alkyl halides is 4. The van der Waals surface area contributed by atoms with E-state index < -0.39 is 18.6 Å². The number of rotatable bonds is 5. The molecule has 0 radical (unpaired) electrons. The van der Waals surface area contributed by atoms with Gasteiger partial charge in [-0.1, -0.05) is 22.0 Å². The smallest absolute Gasteiger partial charge is 0.406 e. The van der Waals surface area contributed by atoms with Crippen molar-refractivity contribution in [3.05, 3.63) is 29.3 Å². The molecule has 0 bridgehead atoms.